The number of hydrogen-bond donors (Lipinski definition) is 2. The van der Waals surface area contributed by atoms with Gasteiger partial charge in [0.25, 0.3) is 5.91 Å². The van der Waals surface area contributed by atoms with Crippen LogP contribution in [-0.4, -0.2) is 36.9 Å². The van der Waals surface area contributed by atoms with Gasteiger partial charge in [-0.15, -0.1) is 0 Å². The van der Waals surface area contributed by atoms with Gasteiger partial charge in [-0.2, -0.15) is 0 Å². The Bertz CT molecular complexity index is 245. The van der Waals surface area contributed by atoms with Gasteiger partial charge < -0.3 is 15.2 Å². The lowest BCUT2D eigenvalue weighted by atomic mass is 9.87. The van der Waals surface area contributed by atoms with Gasteiger partial charge in [0, 0.05) is 19.1 Å². The third-order valence-electron chi connectivity index (χ3n) is 3.68. The first-order chi connectivity index (χ1) is 7.46. The molecule has 0 aliphatic heterocycles. The largest absolute Gasteiger partial charge is 0.396 e. The van der Waals surface area contributed by atoms with Crippen LogP contribution >= 0.6 is 0 Å². The third kappa shape index (κ3) is 2.95. The highest BCUT2D eigenvalue weighted by Crippen LogP contribution is 2.36. The van der Waals surface area contributed by atoms with Crippen LogP contribution in [0.2, 0.25) is 0 Å². The zero-order chi connectivity index (χ0) is 12.2. The van der Waals surface area contributed by atoms with Gasteiger partial charge in [-0.1, -0.05) is 12.8 Å². The Balaban J connectivity index is 2.47. The molecule has 1 aliphatic rings. The number of methoxy groups -OCH3 is 1. The summed E-state index contributed by atoms with van der Waals surface area (Å²) < 4.78 is 5.11. The molecule has 0 aromatic heterocycles. The molecule has 2 N–H and O–H groups in total. The van der Waals surface area contributed by atoms with Gasteiger partial charge in [0.2, 0.25) is 0 Å². The van der Waals surface area contributed by atoms with E-state index in [9.17, 15) is 9.90 Å². The maximum absolute atomic E-state index is 11.8. The van der Waals surface area contributed by atoms with Gasteiger partial charge >= 0.3 is 0 Å². The molecule has 0 aromatic rings. The van der Waals surface area contributed by atoms with E-state index in [-0.39, 0.29) is 17.9 Å². The van der Waals surface area contributed by atoms with Crippen LogP contribution in [0.3, 0.4) is 0 Å². The Morgan fingerprint density at radius 2 is 2.00 bits per heavy atom. The molecular formula is C12H23NO3. The molecule has 0 bridgehead atoms. The first-order valence-electron chi connectivity index (χ1n) is 5.90. The monoisotopic (exact) mass is 229 g/mol. The molecule has 0 radical (unpaired) electrons. The second kappa shape index (κ2) is 5.15. The van der Waals surface area contributed by atoms with Crippen molar-refractivity contribution in [1.82, 2.24) is 5.32 Å². The maximum Gasteiger partial charge on any atom is 0.251 e. The van der Waals surface area contributed by atoms with E-state index < -0.39 is 5.60 Å². The van der Waals surface area contributed by atoms with E-state index in [0.29, 0.717) is 6.54 Å². The number of carbonyl (C=O) groups is 1. The fourth-order valence-electron chi connectivity index (χ4n) is 2.09. The van der Waals surface area contributed by atoms with E-state index in [0.717, 1.165) is 25.7 Å². The smallest absolute Gasteiger partial charge is 0.251 e. The zero-order valence-corrected chi connectivity index (χ0v) is 10.5. The molecule has 0 heterocycles. The van der Waals surface area contributed by atoms with Gasteiger partial charge in [-0.05, 0) is 26.7 Å². The summed E-state index contributed by atoms with van der Waals surface area (Å²) >= 11 is 0. The highest BCUT2D eigenvalue weighted by Gasteiger charge is 2.35. The zero-order valence-electron chi connectivity index (χ0n) is 10.5. The van der Waals surface area contributed by atoms with Crippen molar-refractivity contribution in [2.24, 2.45) is 5.41 Å². The minimum atomic E-state index is -0.796. The highest BCUT2D eigenvalue weighted by atomic mass is 16.5. The summed E-state index contributed by atoms with van der Waals surface area (Å²) in [4.78, 5) is 11.8. The predicted molar refractivity (Wildman–Crippen MR) is 62.1 cm³/mol. The lowest BCUT2D eigenvalue weighted by Gasteiger charge is -2.29. The third-order valence-corrected chi connectivity index (χ3v) is 3.68. The van der Waals surface area contributed by atoms with Crippen LogP contribution in [0.15, 0.2) is 0 Å². The van der Waals surface area contributed by atoms with Crippen molar-refractivity contribution in [2.45, 2.75) is 45.1 Å². The molecule has 0 unspecified atom stereocenters. The number of carbonyl (C=O) groups excluding carboxylic acids is 1. The van der Waals surface area contributed by atoms with Crippen LogP contribution in [0.5, 0.6) is 0 Å². The molecule has 1 amide bonds. The molecule has 94 valence electrons. The summed E-state index contributed by atoms with van der Waals surface area (Å²) in [6, 6.07) is 0. The fraction of sp³-hybridized carbons (Fsp3) is 0.917. The molecule has 1 fully saturated rings. The van der Waals surface area contributed by atoms with Crippen molar-refractivity contribution in [3.05, 3.63) is 0 Å². The van der Waals surface area contributed by atoms with E-state index in [2.05, 4.69) is 5.32 Å². The SMILES string of the molecule is COC(C)(C)C(=O)NCC1(CO)CCCC1. The van der Waals surface area contributed by atoms with Crippen molar-refractivity contribution >= 4 is 5.91 Å². The predicted octanol–water partition coefficient (Wildman–Crippen LogP) is 1.08. The Hall–Kier alpha value is -0.610. The number of aliphatic hydroxyl groups excluding tert-OH is 1. The number of amides is 1. The lowest BCUT2D eigenvalue weighted by Crippen LogP contribution is -2.47. The fourth-order valence-corrected chi connectivity index (χ4v) is 2.09. The van der Waals surface area contributed by atoms with Crippen molar-refractivity contribution < 1.29 is 14.6 Å². The van der Waals surface area contributed by atoms with Crippen molar-refractivity contribution in [3.63, 3.8) is 0 Å². The molecule has 1 aliphatic carbocycles. The second-order valence-corrected chi connectivity index (χ2v) is 5.26. The summed E-state index contributed by atoms with van der Waals surface area (Å²) in [6.07, 6.45) is 4.28. The molecule has 1 saturated carbocycles. The molecule has 0 atom stereocenters. The minimum absolute atomic E-state index is 0.0977. The highest BCUT2D eigenvalue weighted by molar-refractivity contribution is 5.84. The molecule has 16 heavy (non-hydrogen) atoms. The number of hydrogen-bond acceptors (Lipinski definition) is 3. The molecular weight excluding hydrogens is 206 g/mol. The maximum atomic E-state index is 11.8. The quantitative estimate of drug-likeness (QED) is 0.741. The Morgan fingerprint density at radius 3 is 2.44 bits per heavy atom. The molecule has 0 aromatic carbocycles. The van der Waals surface area contributed by atoms with Crippen LogP contribution in [0.1, 0.15) is 39.5 Å². The van der Waals surface area contributed by atoms with E-state index in [1.807, 2.05) is 0 Å². The van der Waals surface area contributed by atoms with E-state index in [1.54, 1.807) is 13.8 Å². The van der Waals surface area contributed by atoms with Crippen LogP contribution in [0.25, 0.3) is 0 Å². The van der Waals surface area contributed by atoms with E-state index in [4.69, 9.17) is 4.74 Å². The minimum Gasteiger partial charge on any atom is -0.396 e. The lowest BCUT2D eigenvalue weighted by molar-refractivity contribution is -0.140. The number of ether oxygens (including phenoxy) is 1. The standard InChI is InChI=1S/C12H23NO3/c1-11(2,16-3)10(15)13-8-12(9-14)6-4-5-7-12/h14H,4-9H2,1-3H3,(H,13,15). The number of nitrogens with one attached hydrogen (secondary N) is 1. The number of rotatable bonds is 5. The Labute approximate surface area is 97.4 Å². The van der Waals surface area contributed by atoms with Crippen molar-refractivity contribution in [2.75, 3.05) is 20.3 Å². The molecule has 4 nitrogen and oxygen atoms in total. The average Bonchev–Trinajstić information content (AvgIpc) is 2.75. The normalized spacial score (nSPS) is 19.8. The topological polar surface area (TPSA) is 58.6 Å². The van der Waals surface area contributed by atoms with Gasteiger partial charge in [-0.3, -0.25) is 4.79 Å². The summed E-state index contributed by atoms with van der Waals surface area (Å²) in [5.41, 5.74) is -0.894. The van der Waals surface area contributed by atoms with Crippen LogP contribution < -0.4 is 5.32 Å². The van der Waals surface area contributed by atoms with Gasteiger partial charge in [0.1, 0.15) is 5.60 Å². The van der Waals surface area contributed by atoms with Gasteiger partial charge in [0.05, 0.1) is 6.61 Å². The Morgan fingerprint density at radius 1 is 1.44 bits per heavy atom. The average molecular weight is 229 g/mol. The molecule has 0 saturated heterocycles. The van der Waals surface area contributed by atoms with E-state index in [1.165, 1.54) is 7.11 Å². The number of aliphatic hydroxyl groups is 1. The molecule has 4 heteroatoms. The Kier molecular flexibility index (Phi) is 4.33. The van der Waals surface area contributed by atoms with Crippen molar-refractivity contribution in [1.29, 1.82) is 0 Å². The van der Waals surface area contributed by atoms with E-state index >= 15 is 0 Å². The van der Waals surface area contributed by atoms with Crippen molar-refractivity contribution in [3.8, 4) is 0 Å². The van der Waals surface area contributed by atoms with Crippen LogP contribution in [0, 0.1) is 5.41 Å². The first-order valence-corrected chi connectivity index (χ1v) is 5.90. The summed E-state index contributed by atoms with van der Waals surface area (Å²) in [5, 5.41) is 12.3. The molecule has 1 rings (SSSR count). The van der Waals surface area contributed by atoms with Crippen LogP contribution in [0.4, 0.5) is 0 Å². The van der Waals surface area contributed by atoms with Gasteiger partial charge in [0.15, 0.2) is 0 Å². The van der Waals surface area contributed by atoms with Gasteiger partial charge in [-0.25, -0.2) is 0 Å². The van der Waals surface area contributed by atoms with Crippen LogP contribution in [-0.2, 0) is 9.53 Å². The first kappa shape index (κ1) is 13.5. The second-order valence-electron chi connectivity index (χ2n) is 5.26. The summed E-state index contributed by atoms with van der Waals surface area (Å²) in [6.45, 7) is 4.18. The summed E-state index contributed by atoms with van der Waals surface area (Å²) in [7, 11) is 1.52. The molecule has 0 spiro atoms. The summed E-state index contributed by atoms with van der Waals surface area (Å²) in [5.74, 6) is -0.116.